The maximum Gasteiger partial charge on any atom is 0.111 e. The van der Waals surface area contributed by atoms with Crippen molar-refractivity contribution in [2.24, 2.45) is 0 Å². The minimum Gasteiger partial charge on any atom is -0.499 e. The van der Waals surface area contributed by atoms with E-state index in [-0.39, 0.29) is 0 Å². The van der Waals surface area contributed by atoms with Crippen molar-refractivity contribution < 1.29 is 61.6 Å². The number of hydrogen-bond donors (Lipinski definition) is 0. The quantitative estimate of drug-likeness (QED) is 0.0553. The molecule has 0 atom stereocenters. The van der Waals surface area contributed by atoms with Crippen molar-refractivity contribution in [1.82, 2.24) is 0 Å². The van der Waals surface area contributed by atoms with Crippen molar-refractivity contribution >= 4 is 11.6 Å². The number of ether oxygens (including phenoxy) is 13. The molecule has 0 aliphatic heterocycles. The summed E-state index contributed by atoms with van der Waals surface area (Å²) in [7, 11) is 0. The molecular weight excluding hydrogens is 580 g/mol. The SMILES string of the molecule is C=COCCOCCOCCOCCOCCOCCOCCOCCOCCOCCOCCOCCOCCCl. The number of alkyl halides is 1. The van der Waals surface area contributed by atoms with E-state index < -0.39 is 0 Å². The van der Waals surface area contributed by atoms with E-state index in [4.69, 9.17) is 73.2 Å². The molecule has 0 aromatic rings. The third kappa shape index (κ3) is 39.4. The molecule has 0 aromatic heterocycles. The Hall–Kier alpha value is -0.650. The molecule has 0 rings (SSSR count). The van der Waals surface area contributed by atoms with E-state index in [9.17, 15) is 0 Å². The van der Waals surface area contributed by atoms with Gasteiger partial charge in [-0.15, -0.1) is 11.6 Å². The van der Waals surface area contributed by atoms with Gasteiger partial charge in [-0.1, -0.05) is 6.58 Å². The standard InChI is InChI=1S/C28H55ClO13/c1-2-30-5-6-32-9-10-34-13-14-36-17-18-38-21-22-40-25-26-42-28-27-41-24-23-39-20-19-37-16-15-35-12-11-33-8-7-31-4-3-29/h2H,1,3-28H2. The molecule has 0 aliphatic rings. The Bertz CT molecular complexity index is 495. The molecule has 0 amide bonds. The molecule has 0 bridgehead atoms. The lowest BCUT2D eigenvalue weighted by Crippen LogP contribution is -2.15. The van der Waals surface area contributed by atoms with Crippen LogP contribution in [0.1, 0.15) is 0 Å². The summed E-state index contributed by atoms with van der Waals surface area (Å²) in [6.45, 7) is 16.4. The molecule has 0 N–H and O–H groups in total. The highest BCUT2D eigenvalue weighted by Gasteiger charge is 1.96. The van der Waals surface area contributed by atoms with Crippen LogP contribution in [0.25, 0.3) is 0 Å². The van der Waals surface area contributed by atoms with Gasteiger partial charge in [0.15, 0.2) is 0 Å². The molecule has 0 saturated carbocycles. The van der Waals surface area contributed by atoms with E-state index in [1.807, 2.05) is 0 Å². The third-order valence-electron chi connectivity index (χ3n) is 4.78. The van der Waals surface area contributed by atoms with Gasteiger partial charge in [-0.3, -0.25) is 0 Å². The minimum atomic E-state index is 0.497. The Labute approximate surface area is 257 Å². The second-order valence-electron chi connectivity index (χ2n) is 8.07. The van der Waals surface area contributed by atoms with Crippen LogP contribution >= 0.6 is 11.6 Å². The Morgan fingerprint density at radius 3 is 0.619 bits per heavy atom. The summed E-state index contributed by atoms with van der Waals surface area (Å²) in [5.74, 6) is 0.497. The normalized spacial score (nSPS) is 11.4. The number of rotatable bonds is 39. The first kappa shape index (κ1) is 41.4. The summed E-state index contributed by atoms with van der Waals surface area (Å²) in [5, 5.41) is 0. The van der Waals surface area contributed by atoms with E-state index >= 15 is 0 Å². The molecule has 0 aliphatic carbocycles. The van der Waals surface area contributed by atoms with E-state index in [0.29, 0.717) is 171 Å². The molecule has 252 valence electrons. The Balaban J connectivity index is 3.02. The molecule has 0 aromatic carbocycles. The van der Waals surface area contributed by atoms with Crippen LogP contribution in [0.4, 0.5) is 0 Å². The zero-order valence-electron chi connectivity index (χ0n) is 25.4. The average molecular weight is 635 g/mol. The smallest absolute Gasteiger partial charge is 0.111 e. The minimum absolute atomic E-state index is 0.497. The second-order valence-corrected chi connectivity index (χ2v) is 8.45. The summed E-state index contributed by atoms with van der Waals surface area (Å²) in [6, 6.07) is 0. The van der Waals surface area contributed by atoms with Crippen LogP contribution in [0.15, 0.2) is 12.8 Å². The molecule has 14 heteroatoms. The molecule has 42 heavy (non-hydrogen) atoms. The molecule has 0 fully saturated rings. The average Bonchev–Trinajstić information content (AvgIpc) is 3.00. The molecule has 0 unspecified atom stereocenters. The molecule has 0 spiro atoms. The van der Waals surface area contributed by atoms with Gasteiger partial charge < -0.3 is 61.6 Å². The van der Waals surface area contributed by atoms with E-state index in [2.05, 4.69) is 6.58 Å². The van der Waals surface area contributed by atoms with Crippen molar-refractivity contribution in [3.05, 3.63) is 12.8 Å². The highest BCUT2D eigenvalue weighted by molar-refractivity contribution is 6.17. The first-order valence-corrected chi connectivity index (χ1v) is 15.2. The largest absolute Gasteiger partial charge is 0.499 e. The summed E-state index contributed by atoms with van der Waals surface area (Å²) < 4.78 is 69.8. The third-order valence-corrected chi connectivity index (χ3v) is 4.93. The van der Waals surface area contributed by atoms with Crippen molar-refractivity contribution in [3.8, 4) is 0 Å². The van der Waals surface area contributed by atoms with E-state index in [1.165, 1.54) is 6.26 Å². The number of hydrogen-bond acceptors (Lipinski definition) is 13. The Kier molecular flexibility index (Phi) is 39.7. The van der Waals surface area contributed by atoms with Crippen LogP contribution in [0.3, 0.4) is 0 Å². The highest BCUT2D eigenvalue weighted by Crippen LogP contribution is 1.87. The lowest BCUT2D eigenvalue weighted by Gasteiger charge is -2.09. The summed E-state index contributed by atoms with van der Waals surface area (Å²) in [6.07, 6.45) is 1.39. The molecule has 0 saturated heterocycles. The van der Waals surface area contributed by atoms with Crippen LogP contribution in [0.5, 0.6) is 0 Å². The first-order valence-electron chi connectivity index (χ1n) is 14.6. The van der Waals surface area contributed by atoms with Gasteiger partial charge in [0.25, 0.3) is 0 Å². The van der Waals surface area contributed by atoms with E-state index in [0.717, 1.165) is 0 Å². The summed E-state index contributed by atoms with van der Waals surface area (Å²) in [5.41, 5.74) is 0. The van der Waals surface area contributed by atoms with Crippen molar-refractivity contribution in [3.63, 3.8) is 0 Å². The van der Waals surface area contributed by atoms with Crippen LogP contribution in [0.2, 0.25) is 0 Å². The molecule has 13 nitrogen and oxygen atoms in total. The van der Waals surface area contributed by atoms with Crippen molar-refractivity contribution in [1.29, 1.82) is 0 Å². The molecule has 0 heterocycles. The van der Waals surface area contributed by atoms with Gasteiger partial charge in [-0.2, -0.15) is 0 Å². The van der Waals surface area contributed by atoms with Crippen LogP contribution in [0, 0.1) is 0 Å². The molecular formula is C28H55ClO13. The van der Waals surface area contributed by atoms with Gasteiger partial charge in [-0.25, -0.2) is 0 Å². The predicted molar refractivity (Wildman–Crippen MR) is 157 cm³/mol. The monoisotopic (exact) mass is 634 g/mol. The first-order chi connectivity index (χ1) is 20.9. The maximum absolute atomic E-state index is 5.51. The summed E-state index contributed by atoms with van der Waals surface area (Å²) in [4.78, 5) is 0. The molecule has 0 radical (unpaired) electrons. The fourth-order valence-electron chi connectivity index (χ4n) is 2.77. The van der Waals surface area contributed by atoms with E-state index in [1.54, 1.807) is 0 Å². The summed E-state index contributed by atoms with van der Waals surface area (Å²) >= 11 is 5.51. The number of halogens is 1. The van der Waals surface area contributed by atoms with Crippen LogP contribution in [-0.2, 0) is 61.6 Å². The zero-order valence-corrected chi connectivity index (χ0v) is 26.1. The van der Waals surface area contributed by atoms with Crippen molar-refractivity contribution in [2.75, 3.05) is 171 Å². The zero-order chi connectivity index (χ0) is 30.3. The maximum atomic E-state index is 5.51. The van der Waals surface area contributed by atoms with Crippen molar-refractivity contribution in [2.45, 2.75) is 0 Å². The fourth-order valence-corrected chi connectivity index (χ4v) is 2.88. The second kappa shape index (κ2) is 40.4. The van der Waals surface area contributed by atoms with Crippen LogP contribution in [-0.4, -0.2) is 171 Å². The lowest BCUT2D eigenvalue weighted by atomic mass is 10.6. The highest BCUT2D eigenvalue weighted by atomic mass is 35.5. The Morgan fingerprint density at radius 2 is 0.452 bits per heavy atom. The van der Waals surface area contributed by atoms with Gasteiger partial charge in [0, 0.05) is 5.88 Å². The lowest BCUT2D eigenvalue weighted by molar-refractivity contribution is -0.0285. The Morgan fingerprint density at radius 1 is 0.286 bits per heavy atom. The predicted octanol–water partition coefficient (Wildman–Crippen LogP) is 1.58. The van der Waals surface area contributed by atoms with Gasteiger partial charge in [0.2, 0.25) is 0 Å². The fraction of sp³-hybridized carbons (Fsp3) is 0.929. The van der Waals surface area contributed by atoms with Gasteiger partial charge in [0.1, 0.15) is 6.61 Å². The van der Waals surface area contributed by atoms with Crippen LogP contribution < -0.4 is 0 Å². The topological polar surface area (TPSA) is 120 Å². The van der Waals surface area contributed by atoms with Gasteiger partial charge >= 0.3 is 0 Å². The van der Waals surface area contributed by atoms with Gasteiger partial charge in [-0.05, 0) is 0 Å². The van der Waals surface area contributed by atoms with Gasteiger partial charge in [0.05, 0.1) is 165 Å².